The first-order valence-electron chi connectivity index (χ1n) is 7.74. The third-order valence-electron chi connectivity index (χ3n) is 3.88. The van der Waals surface area contributed by atoms with E-state index in [1.54, 1.807) is 12.5 Å². The molecule has 148 valence electrons. The predicted molar refractivity (Wildman–Crippen MR) is 101 cm³/mol. The van der Waals surface area contributed by atoms with E-state index in [2.05, 4.69) is 4.18 Å². The Morgan fingerprint density at radius 3 is 2.22 bits per heavy atom. The predicted octanol–water partition coefficient (Wildman–Crippen LogP) is 4.47. The fourth-order valence-electron chi connectivity index (χ4n) is 2.39. The van der Waals surface area contributed by atoms with Crippen LogP contribution in [0.15, 0.2) is 32.9 Å². The monoisotopic (exact) mass is 438 g/mol. The zero-order chi connectivity index (χ0) is 20.4. The van der Waals surface area contributed by atoms with Gasteiger partial charge in [0, 0.05) is 11.5 Å². The molecule has 1 aromatic rings. The van der Waals surface area contributed by atoms with Gasteiger partial charge in [-0.2, -0.15) is 13.2 Å². The maximum Gasteiger partial charge on any atom is 0.416 e. The van der Waals surface area contributed by atoms with E-state index in [0.717, 1.165) is 19.2 Å². The lowest BCUT2D eigenvalue weighted by molar-refractivity contribution is -0.137. The molecule has 1 fully saturated rings. The fraction of sp³-hybridized carbons (Fsp3) is 0.412. The number of carbonyl (C=O) groups excluding carboxylic acids is 2. The van der Waals surface area contributed by atoms with Crippen LogP contribution in [0, 0.1) is 5.92 Å². The molecule has 1 aliphatic rings. The highest BCUT2D eigenvalue weighted by Crippen LogP contribution is 2.39. The largest absolute Gasteiger partial charge is 0.416 e. The number of hydrogen-bond acceptors (Lipinski definition) is 6. The van der Waals surface area contributed by atoms with Gasteiger partial charge in [-0.15, -0.1) is 23.5 Å². The molecule has 1 unspecified atom stereocenters. The van der Waals surface area contributed by atoms with E-state index in [-0.39, 0.29) is 22.8 Å². The molecule has 0 radical (unpaired) electrons. The number of hydrogen-bond donors (Lipinski definition) is 0. The van der Waals surface area contributed by atoms with Gasteiger partial charge in [0.25, 0.3) is 0 Å². The van der Waals surface area contributed by atoms with Crippen LogP contribution in [-0.2, 0) is 26.2 Å². The number of ketones is 2. The molecule has 0 saturated heterocycles. The summed E-state index contributed by atoms with van der Waals surface area (Å²) in [6.07, 6.45) is 0.103. The van der Waals surface area contributed by atoms with E-state index in [1.807, 2.05) is 0 Å². The zero-order valence-corrected chi connectivity index (χ0v) is 17.2. The van der Waals surface area contributed by atoms with Crippen molar-refractivity contribution in [3.63, 3.8) is 0 Å². The van der Waals surface area contributed by atoms with Crippen molar-refractivity contribution in [1.29, 1.82) is 0 Å². The lowest BCUT2D eigenvalue weighted by atomic mass is 9.98. The minimum atomic E-state index is -4.67. The average molecular weight is 439 g/mol. The second kappa shape index (κ2) is 8.93. The van der Waals surface area contributed by atoms with Crippen molar-refractivity contribution in [2.75, 3.05) is 19.6 Å². The van der Waals surface area contributed by atoms with Crippen LogP contribution in [0.1, 0.15) is 28.8 Å². The van der Waals surface area contributed by atoms with Crippen molar-refractivity contribution >= 4 is 46.2 Å². The van der Waals surface area contributed by atoms with Gasteiger partial charge >= 0.3 is 6.18 Å². The van der Waals surface area contributed by atoms with Crippen LogP contribution < -0.4 is 0 Å². The van der Waals surface area contributed by atoms with E-state index < -0.39 is 33.5 Å². The Hall–Kier alpha value is -1.10. The van der Waals surface area contributed by atoms with Gasteiger partial charge in [-0.1, -0.05) is 0 Å². The standard InChI is InChI=1S/C17H17F3O4S3/c1-24-27(23)12-8-10(17(18,19)20)6-7-11(12)15(22)13(16(25-2)26-3)14(21)9-4-5-9/h6-9H,4-5H2,1-3H3. The molecule has 0 aliphatic heterocycles. The van der Waals surface area contributed by atoms with Crippen molar-refractivity contribution in [3.8, 4) is 0 Å². The Morgan fingerprint density at radius 2 is 1.78 bits per heavy atom. The SMILES string of the molecule is COS(=O)c1cc(C(F)(F)F)ccc1C(=O)C(C(=O)C1CC1)=C(SC)SC. The molecule has 0 spiro atoms. The molecule has 10 heteroatoms. The molecule has 0 N–H and O–H groups in total. The number of benzene rings is 1. The minimum Gasteiger partial charge on any atom is -0.294 e. The molecular weight excluding hydrogens is 421 g/mol. The smallest absolute Gasteiger partial charge is 0.294 e. The van der Waals surface area contributed by atoms with Gasteiger partial charge in [-0.25, -0.2) is 4.21 Å². The van der Waals surface area contributed by atoms with Crippen LogP contribution >= 0.6 is 23.5 Å². The molecule has 1 aliphatic carbocycles. The van der Waals surface area contributed by atoms with E-state index in [1.165, 1.54) is 23.5 Å². The van der Waals surface area contributed by atoms with Gasteiger partial charge in [-0.3, -0.25) is 13.8 Å². The maximum absolute atomic E-state index is 13.1. The lowest BCUT2D eigenvalue weighted by Crippen LogP contribution is -2.19. The summed E-state index contributed by atoms with van der Waals surface area (Å²) in [6.45, 7) is 0. The fourth-order valence-corrected chi connectivity index (χ4v) is 4.60. The van der Waals surface area contributed by atoms with E-state index >= 15 is 0 Å². The summed E-state index contributed by atoms with van der Waals surface area (Å²) in [5.41, 5.74) is -1.34. The van der Waals surface area contributed by atoms with Gasteiger partial charge in [-0.05, 0) is 43.6 Å². The third kappa shape index (κ3) is 5.04. The topological polar surface area (TPSA) is 60.4 Å². The summed E-state index contributed by atoms with van der Waals surface area (Å²) < 4.78 is 56.3. The van der Waals surface area contributed by atoms with Crippen LogP contribution in [-0.4, -0.2) is 35.4 Å². The van der Waals surface area contributed by atoms with Gasteiger partial charge in [0.2, 0.25) is 0 Å². The van der Waals surface area contributed by atoms with Gasteiger partial charge in [0.05, 0.1) is 27.4 Å². The number of halogens is 3. The minimum absolute atomic E-state index is 0.0633. The van der Waals surface area contributed by atoms with E-state index in [9.17, 15) is 27.0 Å². The van der Waals surface area contributed by atoms with E-state index in [0.29, 0.717) is 23.1 Å². The summed E-state index contributed by atoms with van der Waals surface area (Å²) >= 11 is 0.154. The van der Waals surface area contributed by atoms with Crippen molar-refractivity contribution in [2.45, 2.75) is 23.9 Å². The van der Waals surface area contributed by atoms with Crippen molar-refractivity contribution in [1.82, 2.24) is 0 Å². The average Bonchev–Trinajstić information content (AvgIpc) is 3.48. The summed E-state index contributed by atoms with van der Waals surface area (Å²) in [4.78, 5) is 25.4. The second-order valence-electron chi connectivity index (χ2n) is 5.65. The van der Waals surface area contributed by atoms with Gasteiger partial charge in [0.15, 0.2) is 22.6 Å². The van der Waals surface area contributed by atoms with Crippen LogP contribution in [0.3, 0.4) is 0 Å². The molecule has 1 aromatic carbocycles. The number of thioether (sulfide) groups is 2. The van der Waals surface area contributed by atoms with Crippen LogP contribution in [0.2, 0.25) is 0 Å². The van der Waals surface area contributed by atoms with Crippen molar-refractivity contribution < 1.29 is 31.2 Å². The number of allylic oxidation sites excluding steroid dienone is 1. The summed E-state index contributed by atoms with van der Waals surface area (Å²) in [7, 11) is 1.06. The Labute approximate surface area is 166 Å². The molecule has 4 nitrogen and oxygen atoms in total. The van der Waals surface area contributed by atoms with E-state index in [4.69, 9.17) is 0 Å². The lowest BCUT2D eigenvalue weighted by Gasteiger charge is -2.14. The number of carbonyl (C=O) groups is 2. The van der Waals surface area contributed by atoms with Crippen molar-refractivity contribution in [2.24, 2.45) is 5.92 Å². The third-order valence-corrected chi connectivity index (χ3v) is 7.03. The van der Waals surface area contributed by atoms with Gasteiger partial charge in [0.1, 0.15) is 0 Å². The normalized spacial score (nSPS) is 15.3. The molecule has 2 rings (SSSR count). The highest BCUT2D eigenvalue weighted by atomic mass is 32.2. The summed E-state index contributed by atoms with van der Waals surface area (Å²) in [5.74, 6) is -1.31. The molecule has 0 amide bonds. The Bertz CT molecular complexity index is 808. The maximum atomic E-state index is 13.1. The number of rotatable bonds is 8. The summed E-state index contributed by atoms with van der Waals surface area (Å²) in [5, 5.41) is 0. The Kier molecular flexibility index (Phi) is 7.34. The quantitative estimate of drug-likeness (QED) is 0.258. The summed E-state index contributed by atoms with van der Waals surface area (Å²) in [6, 6.07) is 2.32. The van der Waals surface area contributed by atoms with Crippen LogP contribution in [0.5, 0.6) is 0 Å². The first-order chi connectivity index (χ1) is 12.6. The Balaban J connectivity index is 2.63. The second-order valence-corrected chi connectivity index (χ2v) is 8.78. The molecule has 0 bridgehead atoms. The molecule has 27 heavy (non-hydrogen) atoms. The number of Topliss-reactive ketones (excluding diaryl/α,β-unsaturated/α-hetero) is 2. The molecule has 0 heterocycles. The highest BCUT2D eigenvalue weighted by Gasteiger charge is 2.38. The molecule has 1 saturated carbocycles. The highest BCUT2D eigenvalue weighted by molar-refractivity contribution is 8.21. The zero-order valence-electron chi connectivity index (χ0n) is 14.7. The molecule has 0 aromatic heterocycles. The van der Waals surface area contributed by atoms with Crippen LogP contribution in [0.4, 0.5) is 13.2 Å². The first kappa shape index (κ1) is 22.2. The molecule has 1 atom stereocenters. The van der Waals surface area contributed by atoms with Gasteiger partial charge < -0.3 is 0 Å². The van der Waals surface area contributed by atoms with Crippen molar-refractivity contribution in [3.05, 3.63) is 39.1 Å². The Morgan fingerprint density at radius 1 is 1.19 bits per heavy atom. The molecular formula is C17H17F3O4S3. The number of alkyl halides is 3. The van der Waals surface area contributed by atoms with Crippen LogP contribution in [0.25, 0.3) is 0 Å². The first-order valence-corrected chi connectivity index (χ1v) is 11.3.